The molecular weight excluding hydrogens is 334 g/mol. The average Bonchev–Trinajstić information content (AvgIpc) is 2.65. The van der Waals surface area contributed by atoms with E-state index in [0.29, 0.717) is 32.4 Å². The molecule has 2 atom stereocenters. The van der Waals surface area contributed by atoms with Crippen molar-refractivity contribution in [1.82, 2.24) is 4.90 Å². The van der Waals surface area contributed by atoms with E-state index in [9.17, 15) is 9.90 Å². The van der Waals surface area contributed by atoms with Crippen LogP contribution in [0.3, 0.4) is 0 Å². The fraction of sp³-hybridized carbons (Fsp3) is 0.458. The first kappa shape index (κ1) is 19.6. The summed E-state index contributed by atoms with van der Waals surface area (Å²) >= 11 is 0. The first-order chi connectivity index (χ1) is 12.8. The molecule has 0 spiro atoms. The van der Waals surface area contributed by atoms with Crippen LogP contribution in [0.25, 0.3) is 0 Å². The zero-order chi connectivity index (χ0) is 19.5. The largest absolute Gasteiger partial charge is 0.389 e. The number of likely N-dealkylation sites (tertiary alicyclic amines) is 1. The number of piperidine rings is 1. The molecule has 1 radical (unpaired) electrons. The molecule has 1 amide bonds. The van der Waals surface area contributed by atoms with E-state index in [1.807, 2.05) is 47.4 Å². The van der Waals surface area contributed by atoms with Crippen molar-refractivity contribution in [2.24, 2.45) is 5.41 Å². The first-order valence-electron chi connectivity index (χ1n) is 9.81. The predicted molar refractivity (Wildman–Crippen MR) is 108 cm³/mol. The van der Waals surface area contributed by atoms with Gasteiger partial charge in [-0.2, -0.15) is 0 Å². The average molecular weight is 365 g/mol. The maximum Gasteiger partial charge on any atom is 0.223 e. The van der Waals surface area contributed by atoms with E-state index in [4.69, 9.17) is 0 Å². The van der Waals surface area contributed by atoms with Crippen molar-refractivity contribution < 1.29 is 9.90 Å². The van der Waals surface area contributed by atoms with Gasteiger partial charge in [-0.1, -0.05) is 75.4 Å². The minimum Gasteiger partial charge on any atom is -0.389 e. The van der Waals surface area contributed by atoms with Crippen LogP contribution in [0.4, 0.5) is 0 Å². The monoisotopic (exact) mass is 364 g/mol. The SMILES string of the molecule is C[C@H](CC(=O)N1CC[C@](O)(Cc2cc[c]cc2)C(C)(C)C1)c1ccccc1. The van der Waals surface area contributed by atoms with Crippen LogP contribution in [0.15, 0.2) is 54.6 Å². The van der Waals surface area contributed by atoms with Gasteiger partial charge in [-0.15, -0.1) is 0 Å². The molecule has 0 aliphatic carbocycles. The van der Waals surface area contributed by atoms with Crippen LogP contribution in [0.5, 0.6) is 0 Å². The third kappa shape index (κ3) is 4.41. The number of hydrogen-bond donors (Lipinski definition) is 1. The molecule has 1 N–H and O–H groups in total. The lowest BCUT2D eigenvalue weighted by atomic mass is 9.67. The quantitative estimate of drug-likeness (QED) is 0.863. The van der Waals surface area contributed by atoms with Gasteiger partial charge in [0.15, 0.2) is 0 Å². The van der Waals surface area contributed by atoms with Crippen LogP contribution in [0, 0.1) is 11.5 Å². The summed E-state index contributed by atoms with van der Waals surface area (Å²) in [5.41, 5.74) is 1.13. The van der Waals surface area contributed by atoms with Crippen molar-refractivity contribution in [3.8, 4) is 0 Å². The molecule has 3 heteroatoms. The summed E-state index contributed by atoms with van der Waals surface area (Å²) < 4.78 is 0. The van der Waals surface area contributed by atoms with E-state index >= 15 is 0 Å². The van der Waals surface area contributed by atoms with Crippen molar-refractivity contribution in [2.75, 3.05) is 13.1 Å². The van der Waals surface area contributed by atoms with Gasteiger partial charge in [0, 0.05) is 31.3 Å². The first-order valence-corrected chi connectivity index (χ1v) is 9.81. The second-order valence-corrected chi connectivity index (χ2v) is 8.58. The molecule has 1 aliphatic heterocycles. The summed E-state index contributed by atoms with van der Waals surface area (Å²) in [6, 6.07) is 21.0. The van der Waals surface area contributed by atoms with Gasteiger partial charge in [-0.25, -0.2) is 0 Å². The summed E-state index contributed by atoms with van der Waals surface area (Å²) in [4.78, 5) is 14.8. The van der Waals surface area contributed by atoms with Crippen molar-refractivity contribution >= 4 is 5.91 Å². The molecule has 1 heterocycles. The Morgan fingerprint density at radius 1 is 1.19 bits per heavy atom. The Hall–Kier alpha value is -2.13. The van der Waals surface area contributed by atoms with E-state index in [0.717, 1.165) is 5.56 Å². The zero-order valence-corrected chi connectivity index (χ0v) is 16.6. The van der Waals surface area contributed by atoms with Crippen LogP contribution in [-0.2, 0) is 11.2 Å². The molecule has 143 valence electrons. The normalized spacial score (nSPS) is 23.0. The molecule has 27 heavy (non-hydrogen) atoms. The number of nitrogens with zero attached hydrogens (tertiary/aromatic N) is 1. The fourth-order valence-electron chi connectivity index (χ4n) is 4.07. The molecular formula is C24H30NO2. The third-order valence-electron chi connectivity index (χ3n) is 6.13. The van der Waals surface area contributed by atoms with Gasteiger partial charge >= 0.3 is 0 Å². The van der Waals surface area contributed by atoms with Gasteiger partial charge < -0.3 is 10.0 Å². The molecule has 1 saturated heterocycles. The Labute approximate surface area is 163 Å². The molecule has 3 rings (SSSR count). The smallest absolute Gasteiger partial charge is 0.223 e. The number of rotatable bonds is 5. The van der Waals surface area contributed by atoms with Crippen LogP contribution >= 0.6 is 0 Å². The predicted octanol–water partition coefficient (Wildman–Crippen LogP) is 4.21. The number of aliphatic hydroxyl groups is 1. The van der Waals surface area contributed by atoms with Gasteiger partial charge in [0.25, 0.3) is 0 Å². The highest BCUT2D eigenvalue weighted by Gasteiger charge is 2.48. The molecule has 0 saturated carbocycles. The lowest BCUT2D eigenvalue weighted by Crippen LogP contribution is -2.59. The van der Waals surface area contributed by atoms with Gasteiger partial charge in [0.2, 0.25) is 5.91 Å². The summed E-state index contributed by atoms with van der Waals surface area (Å²) in [5.74, 6) is 0.374. The number of carbonyl (C=O) groups excluding carboxylic acids is 1. The van der Waals surface area contributed by atoms with E-state index in [1.165, 1.54) is 5.56 Å². The van der Waals surface area contributed by atoms with E-state index in [1.54, 1.807) is 0 Å². The summed E-state index contributed by atoms with van der Waals surface area (Å²) in [6.07, 6.45) is 1.72. The maximum atomic E-state index is 12.9. The van der Waals surface area contributed by atoms with Crippen LogP contribution in [-0.4, -0.2) is 34.6 Å². The second kappa shape index (κ2) is 7.85. The molecule has 0 unspecified atom stereocenters. The highest BCUT2D eigenvalue weighted by atomic mass is 16.3. The van der Waals surface area contributed by atoms with Gasteiger partial charge in [0.1, 0.15) is 0 Å². The Morgan fingerprint density at radius 2 is 1.85 bits per heavy atom. The topological polar surface area (TPSA) is 40.5 Å². The third-order valence-corrected chi connectivity index (χ3v) is 6.13. The summed E-state index contributed by atoms with van der Waals surface area (Å²) in [5, 5.41) is 11.4. The Morgan fingerprint density at radius 3 is 2.48 bits per heavy atom. The Kier molecular flexibility index (Phi) is 5.71. The fourth-order valence-corrected chi connectivity index (χ4v) is 4.07. The minimum atomic E-state index is -0.809. The van der Waals surface area contributed by atoms with E-state index < -0.39 is 5.60 Å². The number of benzene rings is 2. The maximum absolute atomic E-state index is 12.9. The number of carbonyl (C=O) groups is 1. The van der Waals surface area contributed by atoms with Crippen LogP contribution < -0.4 is 0 Å². The lowest BCUT2D eigenvalue weighted by Gasteiger charge is -2.50. The number of amides is 1. The van der Waals surface area contributed by atoms with E-state index in [2.05, 4.69) is 39.0 Å². The van der Waals surface area contributed by atoms with Gasteiger partial charge in [-0.3, -0.25) is 4.79 Å². The van der Waals surface area contributed by atoms with Crippen molar-refractivity contribution in [3.05, 3.63) is 71.8 Å². The zero-order valence-electron chi connectivity index (χ0n) is 16.6. The molecule has 3 nitrogen and oxygen atoms in total. The molecule has 1 aliphatic rings. The molecule has 0 bridgehead atoms. The van der Waals surface area contributed by atoms with Crippen molar-refractivity contribution in [1.29, 1.82) is 0 Å². The van der Waals surface area contributed by atoms with Gasteiger partial charge in [0.05, 0.1) is 5.60 Å². The molecule has 1 fully saturated rings. The van der Waals surface area contributed by atoms with Gasteiger partial charge in [-0.05, 0) is 29.5 Å². The Bertz CT molecular complexity index is 756. The lowest BCUT2D eigenvalue weighted by molar-refractivity contribution is -0.150. The Balaban J connectivity index is 1.65. The standard InChI is InChI=1S/C24H30NO2/c1-19(21-12-8-5-9-13-21)16-22(26)25-15-14-24(27,23(2,3)18-25)17-20-10-6-4-7-11-20/h5-13,19,27H,14-18H2,1-3H3/t19-,24+/m1/s1. The molecule has 2 aromatic rings. The molecule has 0 aromatic heterocycles. The van der Waals surface area contributed by atoms with E-state index in [-0.39, 0.29) is 17.2 Å². The second-order valence-electron chi connectivity index (χ2n) is 8.58. The highest BCUT2D eigenvalue weighted by molar-refractivity contribution is 5.77. The van der Waals surface area contributed by atoms with Crippen LogP contribution in [0.2, 0.25) is 0 Å². The summed E-state index contributed by atoms with van der Waals surface area (Å²) in [6.45, 7) is 7.44. The summed E-state index contributed by atoms with van der Waals surface area (Å²) in [7, 11) is 0. The van der Waals surface area contributed by atoms with Crippen molar-refractivity contribution in [3.63, 3.8) is 0 Å². The van der Waals surface area contributed by atoms with Crippen molar-refractivity contribution in [2.45, 2.75) is 51.6 Å². The highest BCUT2D eigenvalue weighted by Crippen LogP contribution is 2.41. The number of hydrogen-bond acceptors (Lipinski definition) is 2. The molecule has 2 aromatic carbocycles. The minimum absolute atomic E-state index is 0.177. The van der Waals surface area contributed by atoms with Crippen LogP contribution in [0.1, 0.15) is 50.7 Å².